The Morgan fingerprint density at radius 3 is 2.59 bits per heavy atom. The van der Waals surface area contributed by atoms with Crippen LogP contribution in [-0.4, -0.2) is 18.4 Å². The predicted octanol–water partition coefficient (Wildman–Crippen LogP) is 5.83. The number of ketones is 1. The molecule has 1 fully saturated rings. The Labute approximate surface area is 188 Å². The number of hydrogen-bond acceptors (Lipinski definition) is 3. The van der Waals surface area contributed by atoms with Gasteiger partial charge in [0.25, 0.3) is 0 Å². The van der Waals surface area contributed by atoms with Gasteiger partial charge in [0, 0.05) is 9.49 Å². The number of hydrogen-bond donors (Lipinski definition) is 0. The van der Waals surface area contributed by atoms with E-state index in [-0.39, 0.29) is 17.7 Å². The molecule has 0 aromatic heterocycles. The summed E-state index contributed by atoms with van der Waals surface area (Å²) in [5.74, 6) is 0.264. The van der Waals surface area contributed by atoms with Gasteiger partial charge in [-0.05, 0) is 110 Å². The minimum atomic E-state index is -0.689. The van der Waals surface area contributed by atoms with Crippen molar-refractivity contribution in [1.29, 1.82) is 0 Å². The minimum absolute atomic E-state index is 0.0214. The van der Waals surface area contributed by atoms with Crippen LogP contribution < -0.4 is 0 Å². The first-order chi connectivity index (χ1) is 14.0. The SMILES string of the molecule is CCOC(=O)C(Cc1cc(I)ccc1C)C(=O)C1CCC(C2C=CC=CC2)CC1. The number of carbonyl (C=O) groups is 2. The van der Waals surface area contributed by atoms with E-state index in [9.17, 15) is 9.59 Å². The standard InChI is InChI=1S/C25H31IO3/c1-3-29-25(28)23(16-21-15-22(26)14-9-17(21)2)24(27)20-12-10-19(11-13-20)18-7-5-4-6-8-18/h4-7,9,14-15,18-20,23H,3,8,10-13,16H2,1-2H3. The fourth-order valence-electron chi connectivity index (χ4n) is 4.69. The number of ether oxygens (including phenoxy) is 1. The van der Waals surface area contributed by atoms with E-state index in [1.165, 1.54) is 0 Å². The van der Waals surface area contributed by atoms with E-state index in [4.69, 9.17) is 4.74 Å². The van der Waals surface area contributed by atoms with Gasteiger partial charge in [-0.2, -0.15) is 0 Å². The van der Waals surface area contributed by atoms with Gasteiger partial charge in [0.1, 0.15) is 5.92 Å². The molecule has 0 bridgehead atoms. The molecule has 2 atom stereocenters. The minimum Gasteiger partial charge on any atom is -0.465 e. The predicted molar refractivity (Wildman–Crippen MR) is 125 cm³/mol. The van der Waals surface area contributed by atoms with Crippen LogP contribution >= 0.6 is 22.6 Å². The molecule has 2 unspecified atom stereocenters. The van der Waals surface area contributed by atoms with Gasteiger partial charge >= 0.3 is 5.97 Å². The number of halogens is 1. The van der Waals surface area contributed by atoms with Crippen LogP contribution in [0.3, 0.4) is 0 Å². The highest BCUT2D eigenvalue weighted by Gasteiger charge is 2.37. The summed E-state index contributed by atoms with van der Waals surface area (Å²) in [5, 5.41) is 0. The van der Waals surface area contributed by atoms with E-state index in [1.54, 1.807) is 6.92 Å². The summed E-state index contributed by atoms with van der Waals surface area (Å²) in [4.78, 5) is 26.0. The summed E-state index contributed by atoms with van der Waals surface area (Å²) < 4.78 is 6.42. The van der Waals surface area contributed by atoms with Gasteiger partial charge in [-0.3, -0.25) is 9.59 Å². The Bertz CT molecular complexity index is 787. The monoisotopic (exact) mass is 506 g/mol. The van der Waals surface area contributed by atoms with Crippen LogP contribution in [0.5, 0.6) is 0 Å². The lowest BCUT2D eigenvalue weighted by Gasteiger charge is -2.33. The fraction of sp³-hybridized carbons (Fsp3) is 0.520. The Hall–Kier alpha value is -1.43. The van der Waals surface area contributed by atoms with Crippen LogP contribution in [0.25, 0.3) is 0 Å². The zero-order chi connectivity index (χ0) is 20.8. The molecule has 0 aliphatic heterocycles. The van der Waals surface area contributed by atoms with Gasteiger partial charge in [0.15, 0.2) is 5.78 Å². The van der Waals surface area contributed by atoms with Crippen molar-refractivity contribution < 1.29 is 14.3 Å². The van der Waals surface area contributed by atoms with Crippen LogP contribution in [0.2, 0.25) is 0 Å². The van der Waals surface area contributed by atoms with Gasteiger partial charge in [-0.15, -0.1) is 0 Å². The van der Waals surface area contributed by atoms with Gasteiger partial charge < -0.3 is 4.74 Å². The van der Waals surface area contributed by atoms with E-state index in [1.807, 2.05) is 6.92 Å². The molecule has 1 aromatic carbocycles. The quantitative estimate of drug-likeness (QED) is 0.266. The van der Waals surface area contributed by atoms with E-state index >= 15 is 0 Å². The summed E-state index contributed by atoms with van der Waals surface area (Å²) >= 11 is 2.28. The molecule has 0 amide bonds. The summed E-state index contributed by atoms with van der Waals surface area (Å²) in [5.41, 5.74) is 2.18. The number of allylic oxidation sites excluding steroid dienone is 4. The lowest BCUT2D eigenvalue weighted by atomic mass is 9.71. The number of Topliss-reactive ketones (excluding diaryl/α,β-unsaturated/α-hetero) is 1. The third-order valence-corrected chi connectivity index (χ3v) is 7.11. The van der Waals surface area contributed by atoms with E-state index < -0.39 is 5.92 Å². The number of aryl methyl sites for hydroxylation is 1. The van der Waals surface area contributed by atoms with Gasteiger partial charge in [-0.1, -0.05) is 30.4 Å². The third kappa shape index (κ3) is 5.80. The lowest BCUT2D eigenvalue weighted by Crippen LogP contribution is -2.35. The highest BCUT2D eigenvalue weighted by atomic mass is 127. The zero-order valence-electron chi connectivity index (χ0n) is 17.4. The first kappa shape index (κ1) is 22.3. The van der Waals surface area contributed by atoms with Gasteiger partial charge in [0.05, 0.1) is 6.61 Å². The number of carbonyl (C=O) groups excluding carboxylic acids is 2. The Morgan fingerprint density at radius 1 is 1.17 bits per heavy atom. The van der Waals surface area contributed by atoms with Crippen molar-refractivity contribution >= 4 is 34.3 Å². The van der Waals surface area contributed by atoms with Crippen molar-refractivity contribution in [2.75, 3.05) is 6.61 Å². The van der Waals surface area contributed by atoms with Gasteiger partial charge in [-0.25, -0.2) is 0 Å². The molecule has 0 saturated heterocycles. The number of benzene rings is 1. The second-order valence-corrected chi connectivity index (χ2v) is 9.55. The summed E-state index contributed by atoms with van der Waals surface area (Å²) in [6.07, 6.45) is 14.3. The van der Waals surface area contributed by atoms with Crippen molar-refractivity contribution in [3.8, 4) is 0 Å². The molecule has 0 radical (unpaired) electrons. The van der Waals surface area contributed by atoms with E-state index in [0.29, 0.717) is 24.9 Å². The number of rotatable bonds is 7. The van der Waals surface area contributed by atoms with E-state index in [2.05, 4.69) is 65.1 Å². The summed E-state index contributed by atoms with van der Waals surface area (Å²) in [6.45, 7) is 4.14. The van der Waals surface area contributed by atoms with Crippen molar-refractivity contribution in [3.05, 3.63) is 57.2 Å². The zero-order valence-corrected chi connectivity index (χ0v) is 19.6. The smallest absolute Gasteiger partial charge is 0.316 e. The molecule has 2 aliphatic rings. The van der Waals surface area contributed by atoms with Gasteiger partial charge in [0.2, 0.25) is 0 Å². The average molecular weight is 506 g/mol. The lowest BCUT2D eigenvalue weighted by molar-refractivity contribution is -0.153. The number of esters is 1. The van der Waals surface area contributed by atoms with Crippen LogP contribution in [0, 0.1) is 34.2 Å². The average Bonchev–Trinajstić information content (AvgIpc) is 2.74. The van der Waals surface area contributed by atoms with Crippen molar-refractivity contribution in [1.82, 2.24) is 0 Å². The summed E-state index contributed by atoms with van der Waals surface area (Å²) in [6, 6.07) is 6.19. The van der Waals surface area contributed by atoms with Crippen LogP contribution in [0.4, 0.5) is 0 Å². The molecule has 2 aliphatic carbocycles. The van der Waals surface area contributed by atoms with Crippen LogP contribution in [-0.2, 0) is 20.7 Å². The highest BCUT2D eigenvalue weighted by Crippen LogP contribution is 2.38. The van der Waals surface area contributed by atoms with Crippen molar-refractivity contribution in [2.24, 2.45) is 23.7 Å². The molecule has 0 heterocycles. The summed E-state index contributed by atoms with van der Waals surface area (Å²) in [7, 11) is 0. The van der Waals surface area contributed by atoms with Crippen LogP contribution in [0.1, 0.15) is 50.2 Å². The molecule has 3 rings (SSSR count). The molecule has 1 saturated carbocycles. The second kappa shape index (κ2) is 10.6. The first-order valence-corrected chi connectivity index (χ1v) is 11.9. The topological polar surface area (TPSA) is 43.4 Å². The van der Waals surface area contributed by atoms with Crippen LogP contribution in [0.15, 0.2) is 42.5 Å². The molecule has 156 valence electrons. The third-order valence-electron chi connectivity index (χ3n) is 6.44. The first-order valence-electron chi connectivity index (χ1n) is 10.8. The molecule has 0 spiro atoms. The molecular formula is C25H31IO3. The normalized spacial score (nSPS) is 24.9. The molecule has 1 aromatic rings. The maximum atomic E-state index is 13.4. The largest absolute Gasteiger partial charge is 0.465 e. The Kier molecular flexibility index (Phi) is 8.10. The maximum Gasteiger partial charge on any atom is 0.316 e. The second-order valence-electron chi connectivity index (χ2n) is 8.31. The molecule has 4 heteroatoms. The van der Waals surface area contributed by atoms with Crippen molar-refractivity contribution in [2.45, 2.75) is 52.4 Å². The Balaban J connectivity index is 1.68. The van der Waals surface area contributed by atoms with E-state index in [0.717, 1.165) is 46.8 Å². The maximum absolute atomic E-state index is 13.4. The molecular weight excluding hydrogens is 475 g/mol. The fourth-order valence-corrected chi connectivity index (χ4v) is 5.24. The Morgan fingerprint density at radius 2 is 1.93 bits per heavy atom. The molecule has 3 nitrogen and oxygen atoms in total. The molecule has 0 N–H and O–H groups in total. The molecule has 29 heavy (non-hydrogen) atoms. The van der Waals surface area contributed by atoms with Crippen molar-refractivity contribution in [3.63, 3.8) is 0 Å². The highest BCUT2D eigenvalue weighted by molar-refractivity contribution is 14.1.